The molecule has 1 aliphatic heterocycles. The molecule has 3 atom stereocenters. The minimum absolute atomic E-state index is 0.00172. The van der Waals surface area contributed by atoms with E-state index in [-0.39, 0.29) is 30.5 Å². The van der Waals surface area contributed by atoms with Crippen molar-refractivity contribution < 1.29 is 14.3 Å². The molecule has 2 unspecified atom stereocenters. The molecule has 0 spiro atoms. The first-order valence-corrected chi connectivity index (χ1v) is 10.4. The number of thiocarbonyl (C=S) groups is 1. The summed E-state index contributed by atoms with van der Waals surface area (Å²) in [5.74, 6) is 0.0192. The Morgan fingerprint density at radius 3 is 2.61 bits per heavy atom. The highest BCUT2D eigenvalue weighted by Gasteiger charge is 2.34. The van der Waals surface area contributed by atoms with Crippen molar-refractivity contribution in [3.63, 3.8) is 0 Å². The molecule has 0 aromatic heterocycles. The molecule has 2 rings (SSSR count). The highest BCUT2D eigenvalue weighted by Crippen LogP contribution is 2.25. The molecule has 0 bridgehead atoms. The maximum Gasteiger partial charge on any atom is 0.407 e. The summed E-state index contributed by atoms with van der Waals surface area (Å²) in [5, 5.41) is 4.59. The molecule has 1 saturated heterocycles. The van der Waals surface area contributed by atoms with Crippen LogP contribution in [0.1, 0.15) is 58.1 Å². The summed E-state index contributed by atoms with van der Waals surface area (Å²) in [6.07, 6.45) is 2.14. The molecule has 154 valence electrons. The fourth-order valence-electron chi connectivity index (χ4n) is 3.65. The second-order valence-electron chi connectivity index (χ2n) is 8.61. The molecule has 0 aliphatic carbocycles. The SMILES string of the molecule is Cc1ccccc1CC(CC(=O)N1C(C)CC[C@H]1C=S)NC(=O)OC(C)(C)C. The van der Waals surface area contributed by atoms with E-state index in [0.29, 0.717) is 6.42 Å². The predicted molar refractivity (Wildman–Crippen MR) is 116 cm³/mol. The van der Waals surface area contributed by atoms with E-state index in [2.05, 4.69) is 5.32 Å². The zero-order chi connectivity index (χ0) is 20.9. The van der Waals surface area contributed by atoms with Gasteiger partial charge in [0.25, 0.3) is 0 Å². The second-order valence-corrected chi connectivity index (χ2v) is 8.88. The summed E-state index contributed by atoms with van der Waals surface area (Å²) in [5.41, 5.74) is 1.65. The first-order valence-electron chi connectivity index (χ1n) is 9.91. The van der Waals surface area contributed by atoms with Gasteiger partial charge in [-0.2, -0.15) is 0 Å². The summed E-state index contributed by atoms with van der Waals surface area (Å²) < 4.78 is 5.41. The third-order valence-corrected chi connectivity index (χ3v) is 5.34. The van der Waals surface area contributed by atoms with E-state index in [1.165, 1.54) is 0 Å². The van der Waals surface area contributed by atoms with E-state index in [1.54, 1.807) is 5.37 Å². The number of aryl methyl sites for hydroxylation is 1. The molecule has 1 N–H and O–H groups in total. The number of ether oxygens (including phenoxy) is 1. The Hall–Kier alpha value is -1.95. The lowest BCUT2D eigenvalue weighted by atomic mass is 9.98. The van der Waals surface area contributed by atoms with Crippen LogP contribution >= 0.6 is 12.2 Å². The molecular formula is C22H32N2O3S. The van der Waals surface area contributed by atoms with Gasteiger partial charge < -0.3 is 15.0 Å². The van der Waals surface area contributed by atoms with E-state index in [4.69, 9.17) is 17.0 Å². The van der Waals surface area contributed by atoms with Crippen LogP contribution in [0.5, 0.6) is 0 Å². The van der Waals surface area contributed by atoms with Gasteiger partial charge in [0.05, 0.1) is 6.04 Å². The summed E-state index contributed by atoms with van der Waals surface area (Å²) in [7, 11) is 0. The van der Waals surface area contributed by atoms with Crippen molar-refractivity contribution in [2.75, 3.05) is 0 Å². The van der Waals surface area contributed by atoms with Gasteiger partial charge in [-0.15, -0.1) is 0 Å². The predicted octanol–water partition coefficient (Wildman–Crippen LogP) is 4.20. The molecule has 1 aliphatic rings. The number of nitrogens with zero attached hydrogens (tertiary/aromatic N) is 1. The van der Waals surface area contributed by atoms with Crippen LogP contribution in [0.3, 0.4) is 0 Å². The molecule has 1 fully saturated rings. The fourth-order valence-corrected chi connectivity index (χ4v) is 3.92. The van der Waals surface area contributed by atoms with Gasteiger partial charge in [-0.05, 0) is 65.0 Å². The molecule has 5 nitrogen and oxygen atoms in total. The molecule has 1 heterocycles. The van der Waals surface area contributed by atoms with Crippen LogP contribution in [0.15, 0.2) is 24.3 Å². The summed E-state index contributed by atoms with van der Waals surface area (Å²) in [6, 6.07) is 7.83. The van der Waals surface area contributed by atoms with Crippen molar-refractivity contribution in [2.24, 2.45) is 0 Å². The van der Waals surface area contributed by atoms with E-state index >= 15 is 0 Å². The van der Waals surface area contributed by atoms with E-state index in [1.807, 2.05) is 63.8 Å². The molecule has 2 amide bonds. The maximum atomic E-state index is 13.0. The standard InChI is InChI=1S/C22H32N2O3S/c1-15-8-6-7-9-17(15)12-18(23-21(26)27-22(3,4)5)13-20(25)24-16(2)10-11-19(24)14-28/h6-9,14,16,18-19H,10-13H2,1-5H3,(H,23,26)/t16?,18?,19-/m0/s1. The Morgan fingerprint density at radius 2 is 2.00 bits per heavy atom. The van der Waals surface area contributed by atoms with Crippen molar-refractivity contribution in [2.45, 2.75) is 84.0 Å². The number of carbonyl (C=O) groups is 2. The van der Waals surface area contributed by atoms with Crippen LogP contribution in [0.25, 0.3) is 0 Å². The van der Waals surface area contributed by atoms with Gasteiger partial charge in [0.1, 0.15) is 5.60 Å². The first-order chi connectivity index (χ1) is 13.1. The third kappa shape index (κ3) is 6.30. The van der Waals surface area contributed by atoms with Crippen molar-refractivity contribution in [1.82, 2.24) is 10.2 Å². The average molecular weight is 405 g/mol. The fraction of sp³-hybridized carbons (Fsp3) is 0.591. The van der Waals surface area contributed by atoms with Gasteiger partial charge in [-0.25, -0.2) is 4.79 Å². The van der Waals surface area contributed by atoms with Gasteiger partial charge in [0.15, 0.2) is 0 Å². The van der Waals surface area contributed by atoms with Crippen molar-refractivity contribution in [3.8, 4) is 0 Å². The van der Waals surface area contributed by atoms with Gasteiger partial charge in [-0.1, -0.05) is 36.5 Å². The van der Waals surface area contributed by atoms with Gasteiger partial charge in [0.2, 0.25) is 5.91 Å². The highest BCUT2D eigenvalue weighted by atomic mass is 32.1. The number of carbonyl (C=O) groups excluding carboxylic acids is 2. The Balaban J connectivity index is 2.15. The van der Waals surface area contributed by atoms with Crippen LogP contribution in [-0.4, -0.2) is 46.0 Å². The quantitative estimate of drug-likeness (QED) is 0.722. The molecule has 1 aromatic rings. The van der Waals surface area contributed by atoms with Gasteiger partial charge in [-0.3, -0.25) is 4.79 Å². The normalized spacial score (nSPS) is 20.5. The topological polar surface area (TPSA) is 58.6 Å². The molecular weight excluding hydrogens is 372 g/mol. The van der Waals surface area contributed by atoms with Crippen LogP contribution in [0, 0.1) is 6.92 Å². The Bertz CT molecular complexity index is 714. The Morgan fingerprint density at radius 1 is 1.32 bits per heavy atom. The molecule has 28 heavy (non-hydrogen) atoms. The number of rotatable bonds is 6. The Kier molecular flexibility index (Phi) is 7.58. The number of hydrogen-bond donors (Lipinski definition) is 1. The van der Waals surface area contributed by atoms with Crippen molar-refractivity contribution >= 4 is 29.6 Å². The minimum Gasteiger partial charge on any atom is -0.444 e. The van der Waals surface area contributed by atoms with E-state index in [9.17, 15) is 9.59 Å². The van der Waals surface area contributed by atoms with Crippen molar-refractivity contribution in [3.05, 3.63) is 35.4 Å². The lowest BCUT2D eigenvalue weighted by Crippen LogP contribution is -2.46. The van der Waals surface area contributed by atoms with E-state index < -0.39 is 11.7 Å². The number of likely N-dealkylation sites (tertiary alicyclic amines) is 1. The van der Waals surface area contributed by atoms with Crippen LogP contribution in [-0.2, 0) is 16.0 Å². The molecule has 1 aromatic carbocycles. The summed E-state index contributed by atoms with van der Waals surface area (Å²) in [4.78, 5) is 27.3. The molecule has 0 saturated carbocycles. The maximum absolute atomic E-state index is 13.0. The zero-order valence-corrected chi connectivity index (χ0v) is 18.3. The average Bonchev–Trinajstić information content (AvgIpc) is 2.96. The van der Waals surface area contributed by atoms with Crippen molar-refractivity contribution in [1.29, 1.82) is 0 Å². The largest absolute Gasteiger partial charge is 0.444 e. The third-order valence-electron chi connectivity index (χ3n) is 5.03. The van der Waals surface area contributed by atoms with Crippen LogP contribution in [0.2, 0.25) is 0 Å². The molecule has 6 heteroatoms. The number of hydrogen-bond acceptors (Lipinski definition) is 4. The zero-order valence-electron chi connectivity index (χ0n) is 17.5. The smallest absolute Gasteiger partial charge is 0.407 e. The Labute approximate surface area is 173 Å². The summed E-state index contributed by atoms with van der Waals surface area (Å²) >= 11 is 5.12. The monoisotopic (exact) mass is 404 g/mol. The first kappa shape index (κ1) is 22.3. The number of amides is 2. The van der Waals surface area contributed by atoms with Gasteiger partial charge >= 0.3 is 6.09 Å². The summed E-state index contributed by atoms with van der Waals surface area (Å²) in [6.45, 7) is 9.55. The molecule has 0 radical (unpaired) electrons. The lowest BCUT2D eigenvalue weighted by molar-refractivity contribution is -0.133. The van der Waals surface area contributed by atoms with Gasteiger partial charge in [0, 0.05) is 23.9 Å². The number of nitrogens with one attached hydrogen (secondary N) is 1. The van der Waals surface area contributed by atoms with Crippen LogP contribution in [0.4, 0.5) is 4.79 Å². The number of benzene rings is 1. The second kappa shape index (κ2) is 9.50. The lowest BCUT2D eigenvalue weighted by Gasteiger charge is -2.29. The number of alkyl carbamates (subject to hydrolysis) is 1. The highest BCUT2D eigenvalue weighted by molar-refractivity contribution is 7.79. The van der Waals surface area contributed by atoms with Crippen LogP contribution < -0.4 is 5.32 Å². The van der Waals surface area contributed by atoms with E-state index in [0.717, 1.165) is 24.0 Å². The minimum atomic E-state index is -0.590.